The number of carboxylic acids is 1. The topological polar surface area (TPSA) is 69.6 Å². The van der Waals surface area contributed by atoms with Crippen LogP contribution in [0, 0.1) is 5.41 Å². The molecule has 2 unspecified atom stereocenters. The van der Waals surface area contributed by atoms with Crippen LogP contribution in [0.3, 0.4) is 0 Å². The molecule has 0 aromatic rings. The van der Waals surface area contributed by atoms with Crippen molar-refractivity contribution in [2.45, 2.75) is 58.5 Å². The highest BCUT2D eigenvalue weighted by atomic mass is 16.4. The molecular formula is C13H24N2O3. The summed E-state index contributed by atoms with van der Waals surface area (Å²) in [5.74, 6) is -0.958. The molecule has 0 spiro atoms. The van der Waals surface area contributed by atoms with Gasteiger partial charge in [0.15, 0.2) is 0 Å². The van der Waals surface area contributed by atoms with E-state index in [1.165, 1.54) is 4.90 Å². The van der Waals surface area contributed by atoms with Crippen molar-refractivity contribution in [3.63, 3.8) is 0 Å². The van der Waals surface area contributed by atoms with Crippen LogP contribution in [0.1, 0.15) is 46.5 Å². The molecule has 5 nitrogen and oxygen atoms in total. The number of nitrogens with zero attached hydrogens (tertiary/aromatic N) is 1. The first kappa shape index (κ1) is 14.8. The molecule has 2 N–H and O–H groups in total. The predicted octanol–water partition coefficient (Wildman–Crippen LogP) is 2.07. The molecular weight excluding hydrogens is 232 g/mol. The lowest BCUT2D eigenvalue weighted by Gasteiger charge is -2.31. The first-order chi connectivity index (χ1) is 8.29. The summed E-state index contributed by atoms with van der Waals surface area (Å²) in [6.45, 7) is 6.04. The average Bonchev–Trinajstić information content (AvgIpc) is 2.58. The highest BCUT2D eigenvalue weighted by molar-refractivity contribution is 5.82. The van der Waals surface area contributed by atoms with Gasteiger partial charge >= 0.3 is 12.0 Å². The lowest BCUT2D eigenvalue weighted by molar-refractivity contribution is -0.141. The van der Waals surface area contributed by atoms with Gasteiger partial charge in [0.1, 0.15) is 6.04 Å². The van der Waals surface area contributed by atoms with E-state index in [2.05, 4.69) is 19.2 Å². The number of carbonyl (C=O) groups excluding carboxylic acids is 1. The molecule has 1 aliphatic rings. The van der Waals surface area contributed by atoms with Gasteiger partial charge in [0.05, 0.1) is 0 Å². The summed E-state index contributed by atoms with van der Waals surface area (Å²) in [5.41, 5.74) is 0.0986. The van der Waals surface area contributed by atoms with Crippen LogP contribution in [0.4, 0.5) is 4.79 Å². The van der Waals surface area contributed by atoms with Crippen LogP contribution >= 0.6 is 0 Å². The number of urea groups is 1. The molecule has 1 fully saturated rings. The number of carboxylic acid groups (broad SMARTS) is 1. The van der Waals surface area contributed by atoms with Gasteiger partial charge in [0, 0.05) is 13.1 Å². The maximum Gasteiger partial charge on any atom is 0.326 e. The summed E-state index contributed by atoms with van der Waals surface area (Å²) in [5, 5.41) is 12.0. The molecule has 0 aliphatic heterocycles. The first-order valence-electron chi connectivity index (χ1n) is 6.55. The fourth-order valence-electron chi connectivity index (χ4n) is 2.60. The fraction of sp³-hybridized carbons (Fsp3) is 0.846. The van der Waals surface area contributed by atoms with Crippen LogP contribution in [-0.2, 0) is 4.79 Å². The quantitative estimate of drug-likeness (QED) is 0.809. The van der Waals surface area contributed by atoms with Gasteiger partial charge in [0.25, 0.3) is 0 Å². The van der Waals surface area contributed by atoms with Gasteiger partial charge in [-0.2, -0.15) is 0 Å². The Morgan fingerprint density at radius 3 is 2.50 bits per heavy atom. The number of nitrogens with one attached hydrogen (secondary N) is 1. The van der Waals surface area contributed by atoms with E-state index in [0.29, 0.717) is 6.42 Å². The third-order valence-electron chi connectivity index (χ3n) is 4.01. The van der Waals surface area contributed by atoms with Crippen molar-refractivity contribution in [2.75, 3.05) is 7.05 Å². The second-order valence-electron chi connectivity index (χ2n) is 5.76. The third-order valence-corrected chi connectivity index (χ3v) is 4.01. The molecule has 18 heavy (non-hydrogen) atoms. The summed E-state index contributed by atoms with van der Waals surface area (Å²) in [6, 6.07) is -0.905. The second-order valence-corrected chi connectivity index (χ2v) is 5.76. The van der Waals surface area contributed by atoms with Crippen LogP contribution in [0.2, 0.25) is 0 Å². The number of rotatable bonds is 4. The molecule has 0 bridgehead atoms. The molecule has 0 aromatic heterocycles. The van der Waals surface area contributed by atoms with Crippen LogP contribution in [0.5, 0.6) is 0 Å². The molecule has 1 aliphatic carbocycles. The molecule has 2 atom stereocenters. The Kier molecular flexibility index (Phi) is 4.59. The average molecular weight is 256 g/mol. The lowest BCUT2D eigenvalue weighted by atomic mass is 9.87. The molecule has 5 heteroatoms. The van der Waals surface area contributed by atoms with Gasteiger partial charge < -0.3 is 15.3 Å². The minimum atomic E-state index is -0.958. The van der Waals surface area contributed by atoms with E-state index in [0.717, 1.165) is 19.3 Å². The normalized spacial score (nSPS) is 23.4. The zero-order valence-electron chi connectivity index (χ0n) is 11.7. The Morgan fingerprint density at radius 1 is 1.50 bits per heavy atom. The molecule has 1 rings (SSSR count). The Morgan fingerprint density at radius 2 is 2.11 bits per heavy atom. The van der Waals surface area contributed by atoms with Gasteiger partial charge in [-0.15, -0.1) is 0 Å². The summed E-state index contributed by atoms with van der Waals surface area (Å²) < 4.78 is 0. The van der Waals surface area contributed by atoms with Crippen LogP contribution in [0.15, 0.2) is 0 Å². The lowest BCUT2D eigenvalue weighted by Crippen LogP contribution is -2.51. The second kappa shape index (κ2) is 5.59. The Labute approximate surface area is 109 Å². The number of amides is 2. The summed E-state index contributed by atoms with van der Waals surface area (Å²) in [6.07, 6.45) is 3.58. The van der Waals surface area contributed by atoms with E-state index in [-0.39, 0.29) is 17.5 Å². The zero-order valence-corrected chi connectivity index (χ0v) is 11.7. The molecule has 0 radical (unpaired) electrons. The standard InChI is InChI=1S/C13H24N2O3/c1-5-9(11(16)17)15(4)12(18)14-10-7-6-8-13(10,2)3/h9-10H,5-8H2,1-4H3,(H,14,18)(H,16,17). The Hall–Kier alpha value is -1.26. The SMILES string of the molecule is CCC(C(=O)O)N(C)C(=O)NC1CCCC1(C)C. The van der Waals surface area contributed by atoms with Gasteiger partial charge in [-0.05, 0) is 24.7 Å². The first-order valence-corrected chi connectivity index (χ1v) is 6.55. The summed E-state index contributed by atoms with van der Waals surface area (Å²) >= 11 is 0. The number of carbonyl (C=O) groups is 2. The van der Waals surface area contributed by atoms with Crippen molar-refractivity contribution >= 4 is 12.0 Å². The van der Waals surface area contributed by atoms with E-state index in [4.69, 9.17) is 5.11 Å². The largest absolute Gasteiger partial charge is 0.480 e. The summed E-state index contributed by atoms with van der Waals surface area (Å²) in [7, 11) is 1.54. The maximum atomic E-state index is 12.0. The van der Waals surface area contributed by atoms with Crippen LogP contribution in [0.25, 0.3) is 0 Å². The Bertz CT molecular complexity index is 328. The molecule has 0 aromatic carbocycles. The van der Waals surface area contributed by atoms with Gasteiger partial charge in [-0.3, -0.25) is 0 Å². The van der Waals surface area contributed by atoms with E-state index in [1.807, 2.05) is 0 Å². The van der Waals surface area contributed by atoms with E-state index in [1.54, 1.807) is 14.0 Å². The highest BCUT2D eigenvalue weighted by Crippen LogP contribution is 2.37. The third kappa shape index (κ3) is 3.15. The molecule has 104 valence electrons. The van der Waals surface area contributed by atoms with Crippen molar-refractivity contribution in [1.29, 1.82) is 0 Å². The van der Waals surface area contributed by atoms with Crippen molar-refractivity contribution in [3.05, 3.63) is 0 Å². The van der Waals surface area contributed by atoms with Gasteiger partial charge in [0.2, 0.25) is 0 Å². The monoisotopic (exact) mass is 256 g/mol. The zero-order chi connectivity index (χ0) is 13.9. The van der Waals surface area contributed by atoms with Crippen molar-refractivity contribution in [1.82, 2.24) is 10.2 Å². The van der Waals surface area contributed by atoms with E-state index in [9.17, 15) is 9.59 Å². The van der Waals surface area contributed by atoms with Crippen molar-refractivity contribution in [2.24, 2.45) is 5.41 Å². The molecule has 0 heterocycles. The van der Waals surface area contributed by atoms with E-state index < -0.39 is 12.0 Å². The smallest absolute Gasteiger partial charge is 0.326 e. The van der Waals surface area contributed by atoms with Gasteiger partial charge in [-0.25, -0.2) is 9.59 Å². The Balaban J connectivity index is 2.62. The van der Waals surface area contributed by atoms with Gasteiger partial charge in [-0.1, -0.05) is 27.2 Å². The van der Waals surface area contributed by atoms with Crippen molar-refractivity contribution in [3.8, 4) is 0 Å². The predicted molar refractivity (Wildman–Crippen MR) is 69.4 cm³/mol. The minimum absolute atomic E-state index is 0.0986. The number of hydrogen-bond acceptors (Lipinski definition) is 2. The number of aliphatic carboxylic acids is 1. The molecule has 2 amide bonds. The van der Waals surface area contributed by atoms with Crippen LogP contribution < -0.4 is 5.32 Å². The highest BCUT2D eigenvalue weighted by Gasteiger charge is 2.36. The fourth-order valence-corrected chi connectivity index (χ4v) is 2.60. The maximum absolute atomic E-state index is 12.0. The van der Waals surface area contributed by atoms with Crippen molar-refractivity contribution < 1.29 is 14.7 Å². The minimum Gasteiger partial charge on any atom is -0.480 e. The summed E-state index contributed by atoms with van der Waals surface area (Å²) in [4.78, 5) is 24.4. The number of hydrogen-bond donors (Lipinski definition) is 2. The molecule has 1 saturated carbocycles. The number of likely N-dealkylation sites (N-methyl/N-ethyl adjacent to an activating group) is 1. The molecule has 0 saturated heterocycles. The van der Waals surface area contributed by atoms with E-state index >= 15 is 0 Å². The van der Waals surface area contributed by atoms with Crippen LogP contribution in [-0.4, -0.2) is 41.1 Å².